The highest BCUT2D eigenvalue weighted by Crippen LogP contribution is 2.66. The summed E-state index contributed by atoms with van der Waals surface area (Å²) < 4.78 is 66.6. The van der Waals surface area contributed by atoms with Crippen molar-refractivity contribution in [1.29, 1.82) is 0 Å². The van der Waals surface area contributed by atoms with Crippen molar-refractivity contribution in [2.24, 2.45) is 0 Å². The number of halogens is 1. The fraction of sp³-hybridized carbons (Fsp3) is 0.462. The predicted molar refractivity (Wildman–Crippen MR) is 108 cm³/mol. The molecule has 0 saturated carbocycles. The van der Waals surface area contributed by atoms with Crippen LogP contribution in [0.1, 0.15) is 12.1 Å². The van der Waals surface area contributed by atoms with E-state index in [-0.39, 0.29) is 22.8 Å². The van der Waals surface area contributed by atoms with Gasteiger partial charge in [0.1, 0.15) is 17.9 Å². The minimum Gasteiger partial charge on any atom is -0.383 e. The third-order valence-electron chi connectivity index (χ3n) is 4.39. The number of alkyl halides is 1. The number of rotatable bonds is 8. The molecule has 22 heteroatoms. The Hall–Kier alpha value is -1.87. The minimum absolute atomic E-state index is 0.00215. The number of ether oxygens (including phenoxy) is 1. The number of phosphoric ester groups is 1. The first kappa shape index (κ1) is 27.7. The summed E-state index contributed by atoms with van der Waals surface area (Å²) in [7, 11) is -17.4. The van der Waals surface area contributed by atoms with Crippen molar-refractivity contribution in [3.05, 3.63) is 12.2 Å². The van der Waals surface area contributed by atoms with Crippen LogP contribution in [-0.4, -0.2) is 73.5 Å². The molecule has 2 unspecified atom stereocenters. The fourth-order valence-corrected chi connectivity index (χ4v) is 6.07. The number of nitrogens with zero attached hydrogens (tertiary/aromatic N) is 4. The lowest BCUT2D eigenvalue weighted by molar-refractivity contribution is -0.203. The van der Waals surface area contributed by atoms with E-state index in [0.717, 1.165) is 10.9 Å². The first-order valence-corrected chi connectivity index (χ1v) is 13.3. The lowest BCUT2D eigenvalue weighted by Crippen LogP contribution is -2.50. The third kappa shape index (κ3) is 5.61. The number of phosphoric acid groups is 3. The highest BCUT2D eigenvalue weighted by atomic mass is 31.3. The number of aliphatic hydroxyl groups is 2. The smallest absolute Gasteiger partial charge is 0.383 e. The van der Waals surface area contributed by atoms with Gasteiger partial charge in [-0.25, -0.2) is 33.0 Å². The van der Waals surface area contributed by atoms with Crippen molar-refractivity contribution in [3.63, 3.8) is 0 Å². The number of imidazole rings is 1. The van der Waals surface area contributed by atoms with Crippen molar-refractivity contribution in [2.45, 2.75) is 30.7 Å². The van der Waals surface area contributed by atoms with Gasteiger partial charge in [-0.3, -0.25) is 9.09 Å². The summed E-state index contributed by atoms with van der Waals surface area (Å²) in [5.74, 6) is -1.77. The Labute approximate surface area is 193 Å². The zero-order valence-electron chi connectivity index (χ0n) is 17.1. The number of hydrogen-bond acceptors (Lipinski definition) is 13. The van der Waals surface area contributed by atoms with Crippen LogP contribution in [0.15, 0.2) is 6.33 Å². The van der Waals surface area contributed by atoms with E-state index in [2.05, 4.69) is 28.1 Å². The number of hydrogen-bond donors (Lipinski definition) is 7. The van der Waals surface area contributed by atoms with Gasteiger partial charge in [0.2, 0.25) is 5.60 Å². The van der Waals surface area contributed by atoms with Gasteiger partial charge in [0, 0.05) is 0 Å². The number of nitrogen functional groups attached to an aromatic ring is 1. The number of nitrogens with two attached hydrogens (primary N) is 1. The molecule has 35 heavy (non-hydrogen) atoms. The van der Waals surface area contributed by atoms with Crippen molar-refractivity contribution >= 4 is 40.4 Å². The van der Waals surface area contributed by atoms with Gasteiger partial charge in [0.05, 0.1) is 6.33 Å². The Balaban J connectivity index is 1.89. The fourth-order valence-electron chi connectivity index (χ4n) is 3.03. The molecule has 2 aromatic rings. The van der Waals surface area contributed by atoms with Crippen LogP contribution in [0.3, 0.4) is 0 Å². The second kappa shape index (κ2) is 8.91. The van der Waals surface area contributed by atoms with E-state index in [1.165, 1.54) is 6.92 Å². The van der Waals surface area contributed by atoms with Gasteiger partial charge in [-0.1, -0.05) is 5.92 Å². The highest BCUT2D eigenvalue weighted by Gasteiger charge is 2.66. The van der Waals surface area contributed by atoms with Crippen molar-refractivity contribution in [1.82, 2.24) is 19.5 Å². The molecule has 0 bridgehead atoms. The van der Waals surface area contributed by atoms with Gasteiger partial charge in [-0.2, -0.15) is 8.62 Å². The van der Waals surface area contributed by atoms with Crippen LogP contribution in [0.25, 0.3) is 11.2 Å². The quantitative estimate of drug-likeness (QED) is 0.149. The molecule has 194 valence electrons. The summed E-state index contributed by atoms with van der Waals surface area (Å²) in [6, 6.07) is 0. The van der Waals surface area contributed by atoms with Crippen molar-refractivity contribution in [3.8, 4) is 12.3 Å². The molecule has 0 radical (unpaired) electrons. The van der Waals surface area contributed by atoms with Crippen molar-refractivity contribution in [2.75, 3.05) is 12.3 Å². The molecule has 18 nitrogen and oxygen atoms in total. The van der Waals surface area contributed by atoms with Crippen LogP contribution in [0.2, 0.25) is 0 Å². The van der Waals surface area contributed by atoms with Crippen LogP contribution in [0.4, 0.5) is 10.2 Å². The van der Waals surface area contributed by atoms with E-state index in [0.29, 0.717) is 0 Å². The molecule has 1 aliphatic heterocycles. The Morgan fingerprint density at radius 1 is 1.26 bits per heavy atom. The van der Waals surface area contributed by atoms with Gasteiger partial charge in [0.15, 0.2) is 23.8 Å². The first-order valence-electron chi connectivity index (χ1n) is 8.82. The SMILES string of the molecule is C#C[C@]1(O)[C@H](n2cnc3c(N)nc(C)nc32)O[C@](F)(COP(=O)(O)OP(=O)(O)OP(=O)(O)O)[C@H]1O. The molecule has 0 spiro atoms. The standard InChI is InChI=1S/C13H17FN5O13P3/c1-3-12(21)10(20)13(14,4-29-34(25,26)32-35(27,28)31-33(22,23)24)30-11(12)19-5-16-7-8(15)17-6(2)18-9(7)19/h1,5,10-11,20-21H,4H2,2H3,(H,25,26)(H,27,28)(H2,15,17,18)(H2,22,23,24)/t10-,11+,12+,13+/m0/s1. The molecule has 0 amide bonds. The molecule has 3 rings (SSSR count). The van der Waals surface area contributed by atoms with E-state index in [1.54, 1.807) is 5.92 Å². The van der Waals surface area contributed by atoms with E-state index in [9.17, 15) is 28.8 Å². The lowest BCUT2D eigenvalue weighted by Gasteiger charge is -2.26. The maximum atomic E-state index is 15.5. The molecule has 8 N–H and O–H groups in total. The number of aromatic nitrogens is 4. The average Bonchev–Trinajstić information content (AvgIpc) is 3.18. The lowest BCUT2D eigenvalue weighted by atomic mass is 9.94. The summed E-state index contributed by atoms with van der Waals surface area (Å²) in [6.07, 6.45) is 1.60. The van der Waals surface area contributed by atoms with Gasteiger partial charge in [-0.05, 0) is 6.92 Å². The maximum Gasteiger partial charge on any atom is 0.490 e. The van der Waals surface area contributed by atoms with E-state index in [4.69, 9.17) is 31.6 Å². The second-order valence-corrected chi connectivity index (χ2v) is 11.4. The van der Waals surface area contributed by atoms with Crippen molar-refractivity contribution < 1.29 is 65.8 Å². The van der Waals surface area contributed by atoms with Crippen LogP contribution in [0.5, 0.6) is 0 Å². The second-order valence-electron chi connectivity index (χ2n) is 6.97. The normalized spacial score (nSPS) is 30.6. The molecule has 2 aromatic heterocycles. The molecular weight excluding hydrogens is 546 g/mol. The molecule has 0 aliphatic carbocycles. The molecule has 1 saturated heterocycles. The largest absolute Gasteiger partial charge is 0.490 e. The number of fused-ring (bicyclic) bond motifs is 1. The Bertz CT molecular complexity index is 1340. The average molecular weight is 563 g/mol. The number of aryl methyl sites for hydroxylation is 1. The van der Waals surface area contributed by atoms with Crippen LogP contribution in [0, 0.1) is 19.3 Å². The topological polar surface area (TPSA) is 279 Å². The van der Waals surface area contributed by atoms with Gasteiger partial charge >= 0.3 is 23.5 Å². The highest BCUT2D eigenvalue weighted by molar-refractivity contribution is 7.66. The zero-order chi connectivity index (χ0) is 26.6. The van der Waals surface area contributed by atoms with Gasteiger partial charge < -0.3 is 40.3 Å². The predicted octanol–water partition coefficient (Wildman–Crippen LogP) is -1.02. The third-order valence-corrected chi connectivity index (χ3v) is 8.18. The Kier molecular flexibility index (Phi) is 7.05. The van der Waals surface area contributed by atoms with Gasteiger partial charge in [0.25, 0.3) is 5.85 Å². The van der Waals surface area contributed by atoms with E-state index >= 15 is 4.39 Å². The monoisotopic (exact) mass is 563 g/mol. The summed E-state index contributed by atoms with van der Waals surface area (Å²) in [5.41, 5.74) is 2.78. The molecule has 1 aliphatic rings. The van der Waals surface area contributed by atoms with Crippen LogP contribution in [-0.2, 0) is 31.6 Å². The summed E-state index contributed by atoms with van der Waals surface area (Å²) in [4.78, 5) is 47.6. The van der Waals surface area contributed by atoms with Gasteiger partial charge in [-0.15, -0.1) is 6.42 Å². The number of terminal acetylenes is 1. The maximum absolute atomic E-state index is 15.5. The Morgan fingerprint density at radius 2 is 1.89 bits per heavy atom. The first-order chi connectivity index (χ1) is 15.8. The molecule has 6 atom stereocenters. The Morgan fingerprint density at radius 3 is 2.46 bits per heavy atom. The van der Waals surface area contributed by atoms with E-state index < -0.39 is 53.9 Å². The zero-order valence-corrected chi connectivity index (χ0v) is 19.8. The summed E-state index contributed by atoms with van der Waals surface area (Å²) in [5, 5.41) is 21.2. The molecular formula is C13H17FN5O13P3. The molecule has 3 heterocycles. The summed E-state index contributed by atoms with van der Waals surface area (Å²) in [6.45, 7) is -0.311. The van der Waals surface area contributed by atoms with Crippen LogP contribution < -0.4 is 5.73 Å². The molecule has 0 aromatic carbocycles. The minimum atomic E-state index is -5.90. The van der Waals surface area contributed by atoms with E-state index in [1.807, 2.05) is 0 Å². The molecule has 1 fully saturated rings. The number of aliphatic hydroxyl groups excluding tert-OH is 1. The summed E-state index contributed by atoms with van der Waals surface area (Å²) >= 11 is 0. The van der Waals surface area contributed by atoms with Crippen LogP contribution >= 0.6 is 23.5 Å². The number of anilines is 1.